The van der Waals surface area contributed by atoms with Crippen LogP contribution in [0.3, 0.4) is 0 Å². The Morgan fingerprint density at radius 2 is 0.560 bits per heavy atom. The van der Waals surface area contributed by atoms with Crippen molar-refractivity contribution < 1.29 is 80.2 Å². The number of rotatable bonds is 71. The van der Waals surface area contributed by atoms with Crippen molar-refractivity contribution in [1.82, 2.24) is 0 Å². The second-order valence-electron chi connectivity index (χ2n) is 26.7. The van der Waals surface area contributed by atoms with E-state index >= 15 is 0 Å². The standard InChI is InChI=1S/C72H140O17P2/c1-7-10-12-14-16-18-20-21-22-23-24-25-26-27-28-29-31-33-35-44-50-56-71(76)88-67(60-82-69(74)54-48-42-34-32-30-19-17-15-13-11-8-2)62-86-90(78,79)84-58-66(73)59-85-91(80,81)87-63-68(61-83-70(75)55-49-43-38-36-40-46-52-64(4)5)89-72(77)57-51-45-39-37-41-47-53-65(6)9-3/h64-68,73H,7-63H2,1-6H3,(H,78,79)(H,80,81)/t65?,66-,67-,68-/m1/s1. The molecule has 0 aromatic rings. The first-order chi connectivity index (χ1) is 43.9. The van der Waals surface area contributed by atoms with Crippen LogP contribution >= 0.6 is 15.6 Å². The Bertz CT molecular complexity index is 1770. The van der Waals surface area contributed by atoms with E-state index in [1.165, 1.54) is 180 Å². The van der Waals surface area contributed by atoms with Crippen molar-refractivity contribution in [3.05, 3.63) is 0 Å². The van der Waals surface area contributed by atoms with Crippen molar-refractivity contribution >= 4 is 39.5 Å². The van der Waals surface area contributed by atoms with Gasteiger partial charge in [0.2, 0.25) is 0 Å². The molecule has 6 atom stereocenters. The molecule has 91 heavy (non-hydrogen) atoms. The second kappa shape index (κ2) is 64.1. The third kappa shape index (κ3) is 65.1. The van der Waals surface area contributed by atoms with Crippen molar-refractivity contribution in [2.45, 2.75) is 387 Å². The van der Waals surface area contributed by atoms with E-state index in [1.54, 1.807) is 0 Å². The molecule has 0 saturated carbocycles. The molecule has 0 spiro atoms. The van der Waals surface area contributed by atoms with Gasteiger partial charge in [-0.15, -0.1) is 0 Å². The van der Waals surface area contributed by atoms with Gasteiger partial charge in [-0.2, -0.15) is 0 Å². The summed E-state index contributed by atoms with van der Waals surface area (Å²) in [6.45, 7) is 9.42. The van der Waals surface area contributed by atoms with Gasteiger partial charge >= 0.3 is 39.5 Å². The number of aliphatic hydroxyl groups is 1. The predicted molar refractivity (Wildman–Crippen MR) is 368 cm³/mol. The second-order valence-corrected chi connectivity index (χ2v) is 29.6. The number of phosphoric acid groups is 2. The normalized spacial score (nSPS) is 14.4. The van der Waals surface area contributed by atoms with Gasteiger partial charge in [0.15, 0.2) is 12.2 Å². The molecule has 0 aromatic carbocycles. The number of unbranched alkanes of at least 4 members (excludes halogenated alkanes) is 40. The van der Waals surface area contributed by atoms with E-state index in [4.69, 9.17) is 37.0 Å². The highest BCUT2D eigenvalue weighted by Crippen LogP contribution is 2.45. The minimum atomic E-state index is -4.95. The number of carbonyl (C=O) groups excluding carboxylic acids is 4. The van der Waals surface area contributed by atoms with E-state index in [1.807, 2.05) is 0 Å². The molecule has 17 nitrogen and oxygen atoms in total. The average molecular weight is 1340 g/mol. The molecule has 0 bridgehead atoms. The molecule has 3 unspecified atom stereocenters. The number of hydrogen-bond acceptors (Lipinski definition) is 15. The molecule has 0 aliphatic heterocycles. The third-order valence-corrected chi connectivity index (χ3v) is 19.0. The summed E-state index contributed by atoms with van der Waals surface area (Å²) < 4.78 is 68.3. The zero-order valence-corrected chi connectivity index (χ0v) is 60.9. The fourth-order valence-corrected chi connectivity index (χ4v) is 12.5. The Labute approximate surface area is 556 Å². The topological polar surface area (TPSA) is 237 Å². The molecule has 0 heterocycles. The van der Waals surface area contributed by atoms with Crippen LogP contribution in [0.15, 0.2) is 0 Å². The highest BCUT2D eigenvalue weighted by molar-refractivity contribution is 7.47. The molecule has 540 valence electrons. The highest BCUT2D eigenvalue weighted by Gasteiger charge is 2.30. The fraction of sp³-hybridized carbons (Fsp3) is 0.944. The maximum atomic E-state index is 13.0. The van der Waals surface area contributed by atoms with E-state index in [9.17, 15) is 43.2 Å². The van der Waals surface area contributed by atoms with Crippen molar-refractivity contribution in [3.63, 3.8) is 0 Å². The van der Waals surface area contributed by atoms with Crippen molar-refractivity contribution in [2.75, 3.05) is 39.6 Å². The van der Waals surface area contributed by atoms with Crippen LogP contribution in [0, 0.1) is 11.8 Å². The summed E-state index contributed by atoms with van der Waals surface area (Å²) >= 11 is 0. The van der Waals surface area contributed by atoms with E-state index in [2.05, 4.69) is 41.5 Å². The van der Waals surface area contributed by atoms with E-state index < -0.39 is 97.5 Å². The number of esters is 4. The number of ether oxygens (including phenoxy) is 4. The summed E-state index contributed by atoms with van der Waals surface area (Å²) in [6.07, 6.45) is 50.3. The maximum absolute atomic E-state index is 13.0. The first-order valence-electron chi connectivity index (χ1n) is 37.5. The Kier molecular flexibility index (Phi) is 62.7. The number of hydrogen-bond donors (Lipinski definition) is 3. The molecule has 0 fully saturated rings. The molecule has 0 aromatic heterocycles. The molecular formula is C72H140O17P2. The minimum absolute atomic E-state index is 0.102. The monoisotopic (exact) mass is 1340 g/mol. The Morgan fingerprint density at radius 1 is 0.319 bits per heavy atom. The van der Waals surface area contributed by atoms with Crippen molar-refractivity contribution in [3.8, 4) is 0 Å². The molecule has 3 N–H and O–H groups in total. The van der Waals surface area contributed by atoms with Gasteiger partial charge in [-0.05, 0) is 37.5 Å². The van der Waals surface area contributed by atoms with Crippen LogP contribution in [0.25, 0.3) is 0 Å². The Hall–Kier alpha value is -1.94. The minimum Gasteiger partial charge on any atom is -0.462 e. The third-order valence-electron chi connectivity index (χ3n) is 17.1. The summed E-state index contributed by atoms with van der Waals surface area (Å²) in [5.74, 6) is -0.728. The van der Waals surface area contributed by atoms with Crippen LogP contribution in [-0.4, -0.2) is 96.7 Å². The molecule has 0 aliphatic carbocycles. The van der Waals surface area contributed by atoms with Gasteiger partial charge in [-0.1, -0.05) is 318 Å². The maximum Gasteiger partial charge on any atom is 0.472 e. The van der Waals surface area contributed by atoms with E-state index in [0.29, 0.717) is 31.6 Å². The summed E-state index contributed by atoms with van der Waals surface area (Å²) in [5, 5.41) is 10.6. The van der Waals surface area contributed by atoms with Gasteiger partial charge < -0.3 is 33.8 Å². The molecule has 19 heteroatoms. The molecule has 0 aliphatic rings. The first kappa shape index (κ1) is 89.1. The van der Waals surface area contributed by atoms with Crippen LogP contribution in [-0.2, 0) is 65.4 Å². The predicted octanol–water partition coefficient (Wildman–Crippen LogP) is 20.8. The summed E-state index contributed by atoms with van der Waals surface area (Å²) in [7, 11) is -9.90. The SMILES string of the molecule is CCCCCCCCCCCCCCCCCCCCCCCC(=O)O[C@H](COC(=O)CCCCCCCCCCCCC)COP(=O)(O)OC[C@@H](O)COP(=O)(O)OC[C@@H](COC(=O)CCCCCCCCC(C)C)OC(=O)CCCCCCCCC(C)CC. The van der Waals surface area contributed by atoms with Gasteiger partial charge in [-0.3, -0.25) is 37.3 Å². The largest absolute Gasteiger partial charge is 0.472 e. The Balaban J connectivity index is 5.16. The summed E-state index contributed by atoms with van der Waals surface area (Å²) in [6, 6.07) is 0. The molecule has 0 radical (unpaired) electrons. The Morgan fingerprint density at radius 3 is 0.835 bits per heavy atom. The first-order valence-corrected chi connectivity index (χ1v) is 40.5. The molecular weight excluding hydrogens is 1200 g/mol. The smallest absolute Gasteiger partial charge is 0.462 e. The molecule has 0 amide bonds. The van der Waals surface area contributed by atoms with Crippen LogP contribution in [0.5, 0.6) is 0 Å². The van der Waals surface area contributed by atoms with Crippen molar-refractivity contribution in [2.24, 2.45) is 11.8 Å². The van der Waals surface area contributed by atoms with E-state index in [-0.39, 0.29) is 25.7 Å². The van der Waals surface area contributed by atoms with Gasteiger partial charge in [0.05, 0.1) is 26.4 Å². The van der Waals surface area contributed by atoms with E-state index in [0.717, 1.165) is 102 Å². The lowest BCUT2D eigenvalue weighted by Crippen LogP contribution is -2.30. The van der Waals surface area contributed by atoms with Crippen LogP contribution in [0.1, 0.15) is 369 Å². The number of carbonyl (C=O) groups is 4. The fourth-order valence-electron chi connectivity index (χ4n) is 10.9. The van der Waals surface area contributed by atoms with Crippen LogP contribution < -0.4 is 0 Å². The van der Waals surface area contributed by atoms with Gasteiger partial charge in [0.25, 0.3) is 0 Å². The van der Waals surface area contributed by atoms with Gasteiger partial charge in [0, 0.05) is 25.7 Å². The van der Waals surface area contributed by atoms with Gasteiger partial charge in [-0.25, -0.2) is 9.13 Å². The van der Waals surface area contributed by atoms with Gasteiger partial charge in [0.1, 0.15) is 19.3 Å². The lowest BCUT2D eigenvalue weighted by Gasteiger charge is -2.21. The zero-order chi connectivity index (χ0) is 67.2. The van der Waals surface area contributed by atoms with Crippen molar-refractivity contribution in [1.29, 1.82) is 0 Å². The van der Waals surface area contributed by atoms with Crippen LogP contribution in [0.2, 0.25) is 0 Å². The average Bonchev–Trinajstić information content (AvgIpc) is 3.60. The lowest BCUT2D eigenvalue weighted by atomic mass is 10.00. The lowest BCUT2D eigenvalue weighted by molar-refractivity contribution is -0.161. The molecule has 0 saturated heterocycles. The summed E-state index contributed by atoms with van der Waals surface area (Å²) in [4.78, 5) is 72.5. The quantitative estimate of drug-likeness (QED) is 0.0222. The number of aliphatic hydroxyl groups excluding tert-OH is 1. The highest BCUT2D eigenvalue weighted by atomic mass is 31.2. The van der Waals surface area contributed by atoms with Crippen LogP contribution in [0.4, 0.5) is 0 Å². The summed E-state index contributed by atoms with van der Waals surface area (Å²) in [5.41, 5.74) is 0. The zero-order valence-electron chi connectivity index (χ0n) is 59.1. The number of phosphoric ester groups is 2. The molecule has 0 rings (SSSR count).